The van der Waals surface area contributed by atoms with Gasteiger partial charge in [-0.1, -0.05) is 0 Å². The fourth-order valence-electron chi connectivity index (χ4n) is 4.08. The zero-order valence-electron chi connectivity index (χ0n) is 16.7. The van der Waals surface area contributed by atoms with E-state index in [4.69, 9.17) is 4.43 Å². The van der Waals surface area contributed by atoms with E-state index in [1.807, 2.05) is 0 Å². The van der Waals surface area contributed by atoms with Gasteiger partial charge in [0.05, 0.1) is 0 Å². The Bertz CT molecular complexity index is 945. The number of benzene rings is 2. The summed E-state index contributed by atoms with van der Waals surface area (Å²) in [5.41, 5.74) is 6.70. The monoisotopic (exact) mass is 526 g/mol. The topological polar surface area (TPSA) is 38.3 Å². The van der Waals surface area contributed by atoms with E-state index in [2.05, 4.69) is 68.4 Å². The van der Waals surface area contributed by atoms with Crippen LogP contribution in [0, 0.1) is 0 Å². The normalized spacial score (nSPS) is 17.5. The van der Waals surface area contributed by atoms with Crippen molar-refractivity contribution in [1.82, 2.24) is 0 Å². The second-order valence-corrected chi connectivity index (χ2v) is 18.9. The van der Waals surface area contributed by atoms with Crippen LogP contribution in [0.2, 0.25) is 32.7 Å². The molecule has 0 aromatic heterocycles. The van der Waals surface area contributed by atoms with E-state index < -0.39 is 16.4 Å². The predicted molar refractivity (Wildman–Crippen MR) is 108 cm³/mol. The minimum atomic E-state index is -1.69. The van der Waals surface area contributed by atoms with Crippen LogP contribution < -0.4 is 40.5 Å². The van der Waals surface area contributed by atoms with Crippen molar-refractivity contribution in [2.45, 2.75) is 36.4 Å². The molecule has 28 heavy (non-hydrogen) atoms. The number of anilines is 1. The first-order chi connectivity index (χ1) is 12.1. The van der Waals surface area contributed by atoms with Crippen molar-refractivity contribution in [3.05, 3.63) is 41.5 Å². The number of hydrogen-bond donors (Lipinski definition) is 1. The molecule has 1 N–H and O–H groups in total. The molecule has 0 fully saturated rings. The summed E-state index contributed by atoms with van der Waals surface area (Å²) in [5, 5.41) is 6.19. The van der Waals surface area contributed by atoms with E-state index >= 15 is 0 Å². The zero-order valence-corrected chi connectivity index (χ0v) is 22.7. The van der Waals surface area contributed by atoms with Crippen molar-refractivity contribution in [1.29, 1.82) is 0 Å². The molecule has 1 aliphatic heterocycles. The quantitative estimate of drug-likeness (QED) is 0.437. The molecule has 0 bridgehead atoms. The van der Waals surface area contributed by atoms with Gasteiger partial charge in [0.1, 0.15) is 0 Å². The van der Waals surface area contributed by atoms with Crippen LogP contribution in [0.15, 0.2) is 30.3 Å². The van der Waals surface area contributed by atoms with Gasteiger partial charge in [0.15, 0.2) is 0 Å². The van der Waals surface area contributed by atoms with E-state index in [9.17, 15) is 4.79 Å². The third kappa shape index (κ3) is 4.01. The minimum Gasteiger partial charge on any atom is -1.00 e. The smallest absolute Gasteiger partial charge is 1.00 e. The molecule has 1 atom stereocenters. The van der Waals surface area contributed by atoms with Crippen LogP contribution in [0.5, 0.6) is 0 Å². The molecule has 0 saturated heterocycles. The third-order valence-corrected chi connectivity index (χ3v) is 11.1. The van der Waals surface area contributed by atoms with Crippen molar-refractivity contribution in [2.24, 2.45) is 0 Å². The first-order valence-corrected chi connectivity index (χ1v) is 16.9. The van der Waals surface area contributed by atoms with Crippen molar-refractivity contribution in [3.63, 3.8) is 0 Å². The Morgan fingerprint density at radius 1 is 1.14 bits per heavy atom. The number of halogens is 2. The molecular formula is C20H24Cl2NO2Si2Zr. The maximum absolute atomic E-state index is 12.5. The summed E-state index contributed by atoms with van der Waals surface area (Å²) in [5.74, 6) is -0.0309. The SMILES string of the molecule is C[Si](C)(C)OCC(=O)Nc1cc2c(c3c1[Si]3(C)C)[CH]([Zr+2])c1ccccc1-2.[Cl-].[Cl-]. The number of nitrogens with one attached hydrogen (secondary N) is 1. The summed E-state index contributed by atoms with van der Waals surface area (Å²) in [7, 11) is -3.23. The molecule has 0 saturated carbocycles. The Labute approximate surface area is 196 Å². The fraction of sp³-hybridized carbons (Fsp3) is 0.350. The van der Waals surface area contributed by atoms with Crippen molar-refractivity contribution >= 4 is 38.4 Å². The van der Waals surface area contributed by atoms with Crippen LogP contribution in [0.1, 0.15) is 14.8 Å². The van der Waals surface area contributed by atoms with Crippen LogP contribution in [-0.2, 0) is 33.9 Å². The van der Waals surface area contributed by atoms with Crippen LogP contribution in [0.3, 0.4) is 0 Å². The molecule has 1 aliphatic carbocycles. The van der Waals surface area contributed by atoms with Crippen LogP contribution >= 0.6 is 0 Å². The van der Waals surface area contributed by atoms with Gasteiger partial charge in [-0.3, -0.25) is 0 Å². The molecule has 2 aromatic carbocycles. The molecular weight excluding hydrogens is 505 g/mol. The second kappa shape index (κ2) is 8.13. The molecule has 0 spiro atoms. The molecule has 1 unspecified atom stereocenters. The summed E-state index contributed by atoms with van der Waals surface area (Å²) in [4.78, 5) is 12.5. The number of fused-ring (bicyclic) bond motifs is 5. The maximum Gasteiger partial charge on any atom is -1.00 e. The van der Waals surface area contributed by atoms with Gasteiger partial charge >= 0.3 is 173 Å². The van der Waals surface area contributed by atoms with Gasteiger partial charge < -0.3 is 24.8 Å². The standard InChI is InChI=1S/C20H24NO2Si2.2ClH.Zr/c1-24(2,3)23-12-18(22)21-17-11-15-14-9-7-6-8-13(14)10-16(15)19-20(17)25(19,4)5;;;/h6-11H,12H2,1-5H3,(H,21,22);2*1H;/q;;;+2/p-2. The number of amides is 1. The fourth-order valence-corrected chi connectivity index (χ4v) is 10.1. The molecule has 147 valence electrons. The van der Waals surface area contributed by atoms with E-state index in [1.165, 1.54) is 21.9 Å². The Balaban J connectivity index is 0.00000140. The van der Waals surface area contributed by atoms with Gasteiger partial charge in [-0.2, -0.15) is 0 Å². The summed E-state index contributed by atoms with van der Waals surface area (Å²) in [6, 6.07) is 11.0. The van der Waals surface area contributed by atoms with Gasteiger partial charge in [0, 0.05) is 0 Å². The van der Waals surface area contributed by atoms with Gasteiger partial charge in [-0.25, -0.2) is 0 Å². The Kier molecular flexibility index (Phi) is 6.98. The second-order valence-electron chi connectivity index (χ2n) is 8.73. The largest absolute Gasteiger partial charge is 1.00 e. The predicted octanol–water partition coefficient (Wildman–Crippen LogP) is -2.76. The third-order valence-electron chi connectivity index (χ3n) is 5.32. The number of hydrogen-bond acceptors (Lipinski definition) is 2. The van der Waals surface area contributed by atoms with Gasteiger partial charge in [0.25, 0.3) is 0 Å². The Hall–Kier alpha value is -0.233. The summed E-state index contributed by atoms with van der Waals surface area (Å²) in [6.45, 7) is 11.3. The number of carbonyl (C=O) groups excluding carboxylic acids is 1. The maximum atomic E-state index is 12.5. The number of rotatable bonds is 4. The first kappa shape index (κ1) is 24.0. The van der Waals surface area contributed by atoms with Crippen molar-refractivity contribution in [3.8, 4) is 11.1 Å². The van der Waals surface area contributed by atoms with Crippen molar-refractivity contribution < 1.29 is 58.8 Å². The summed E-state index contributed by atoms with van der Waals surface area (Å²) < 4.78 is 6.32. The van der Waals surface area contributed by atoms with Crippen molar-refractivity contribution in [2.75, 3.05) is 11.9 Å². The van der Waals surface area contributed by atoms with Gasteiger partial charge in [-0.05, 0) is 0 Å². The van der Waals surface area contributed by atoms with Crippen LogP contribution in [0.4, 0.5) is 5.69 Å². The van der Waals surface area contributed by atoms with E-state index in [-0.39, 0.29) is 37.3 Å². The minimum absolute atomic E-state index is 0. The first-order valence-electron chi connectivity index (χ1n) is 9.07. The van der Waals surface area contributed by atoms with Gasteiger partial charge in [-0.15, -0.1) is 0 Å². The molecule has 0 radical (unpaired) electrons. The molecule has 4 rings (SSSR count). The van der Waals surface area contributed by atoms with Gasteiger partial charge in [0.2, 0.25) is 0 Å². The number of carbonyl (C=O) groups is 1. The van der Waals surface area contributed by atoms with E-state index in [0.717, 1.165) is 5.69 Å². The Morgan fingerprint density at radius 3 is 2.43 bits per heavy atom. The molecule has 3 nitrogen and oxygen atoms in total. The molecule has 1 amide bonds. The zero-order chi connectivity index (χ0) is 18.9. The molecule has 1 heterocycles. The molecule has 2 aliphatic rings. The molecule has 2 aromatic rings. The van der Waals surface area contributed by atoms with Crippen LogP contribution in [0.25, 0.3) is 11.1 Å². The van der Waals surface area contributed by atoms with E-state index in [1.54, 1.807) is 35.5 Å². The summed E-state index contributed by atoms with van der Waals surface area (Å²) >= 11 is 1.55. The summed E-state index contributed by atoms with van der Waals surface area (Å²) in [6.07, 6.45) is 0. The van der Waals surface area contributed by atoms with E-state index in [0.29, 0.717) is 3.63 Å². The molecule has 8 heteroatoms. The average Bonchev–Trinajstić information content (AvgIpc) is 3.02. The Morgan fingerprint density at radius 2 is 1.79 bits per heavy atom. The average molecular weight is 529 g/mol. The van der Waals surface area contributed by atoms with Crippen LogP contribution in [-0.4, -0.2) is 28.9 Å².